The Kier molecular flexibility index (Phi) is 4.08. The van der Waals surface area contributed by atoms with E-state index in [1.54, 1.807) is 0 Å². The number of carbonyl (C=O) groups is 1. The fourth-order valence-electron chi connectivity index (χ4n) is 2.50. The summed E-state index contributed by atoms with van der Waals surface area (Å²) in [7, 11) is 0. The first-order valence-electron chi connectivity index (χ1n) is 6.77. The first-order chi connectivity index (χ1) is 8.93. The third-order valence-corrected chi connectivity index (χ3v) is 4.61. The highest BCUT2D eigenvalue weighted by atomic mass is 32.1. The number of anilines is 1. The molecule has 0 aliphatic heterocycles. The predicted molar refractivity (Wildman–Crippen MR) is 75.6 cm³/mol. The van der Waals surface area contributed by atoms with Gasteiger partial charge in [0.2, 0.25) is 5.13 Å². The van der Waals surface area contributed by atoms with E-state index < -0.39 is 11.4 Å². The van der Waals surface area contributed by atoms with Crippen molar-refractivity contribution < 1.29 is 9.90 Å². The fraction of sp³-hybridized carbons (Fsp3) is 0.769. The molecule has 1 fully saturated rings. The lowest BCUT2D eigenvalue weighted by Gasteiger charge is -2.38. The molecule has 2 rings (SSSR count). The van der Waals surface area contributed by atoms with Crippen LogP contribution in [0.5, 0.6) is 0 Å². The number of aliphatic carboxylic acids is 1. The minimum Gasteiger partial charge on any atom is -0.481 e. The van der Waals surface area contributed by atoms with Crippen LogP contribution in [0.3, 0.4) is 0 Å². The van der Waals surface area contributed by atoms with Crippen molar-refractivity contribution in [3.8, 4) is 0 Å². The molecule has 106 valence electrons. The highest BCUT2D eigenvalue weighted by Crippen LogP contribution is 2.38. The summed E-state index contributed by atoms with van der Waals surface area (Å²) >= 11 is 1.32. The van der Waals surface area contributed by atoms with Crippen LogP contribution in [0.4, 0.5) is 5.13 Å². The van der Waals surface area contributed by atoms with Crippen molar-refractivity contribution in [2.24, 2.45) is 5.41 Å². The van der Waals surface area contributed by atoms with Crippen LogP contribution >= 0.6 is 11.5 Å². The first-order valence-corrected chi connectivity index (χ1v) is 7.54. The fourth-order valence-corrected chi connectivity index (χ4v) is 3.26. The highest BCUT2D eigenvalue weighted by molar-refractivity contribution is 7.09. The van der Waals surface area contributed by atoms with Gasteiger partial charge in [-0.15, -0.1) is 0 Å². The van der Waals surface area contributed by atoms with E-state index >= 15 is 0 Å². The third-order valence-electron chi connectivity index (χ3n) is 3.95. The van der Waals surface area contributed by atoms with Gasteiger partial charge in [-0.3, -0.25) is 4.79 Å². The van der Waals surface area contributed by atoms with Gasteiger partial charge in [0.25, 0.3) is 0 Å². The van der Waals surface area contributed by atoms with Gasteiger partial charge in [-0.1, -0.05) is 26.7 Å². The molecule has 0 bridgehead atoms. The predicted octanol–water partition coefficient (Wildman–Crippen LogP) is 3.11. The normalized spacial score (nSPS) is 27.5. The molecular formula is C13H21N3O2S. The number of carboxylic acid groups (broad SMARTS) is 1. The molecule has 1 aliphatic rings. The van der Waals surface area contributed by atoms with Crippen LogP contribution in [0.25, 0.3) is 0 Å². The van der Waals surface area contributed by atoms with Gasteiger partial charge < -0.3 is 10.4 Å². The van der Waals surface area contributed by atoms with Crippen LogP contribution in [-0.4, -0.2) is 26.5 Å². The van der Waals surface area contributed by atoms with E-state index in [0.717, 1.165) is 36.6 Å². The molecule has 1 saturated carbocycles. The summed E-state index contributed by atoms with van der Waals surface area (Å²) in [5, 5.41) is 13.5. The van der Waals surface area contributed by atoms with E-state index in [0.29, 0.717) is 5.92 Å². The maximum Gasteiger partial charge on any atom is 0.311 e. The summed E-state index contributed by atoms with van der Waals surface area (Å²) in [4.78, 5) is 15.9. The second-order valence-electron chi connectivity index (χ2n) is 5.78. The molecule has 5 nitrogen and oxygen atoms in total. The zero-order valence-electron chi connectivity index (χ0n) is 11.6. The van der Waals surface area contributed by atoms with Crippen molar-refractivity contribution in [3.05, 3.63) is 5.82 Å². The van der Waals surface area contributed by atoms with Gasteiger partial charge in [-0.25, -0.2) is 4.98 Å². The van der Waals surface area contributed by atoms with E-state index in [4.69, 9.17) is 0 Å². The summed E-state index contributed by atoms with van der Waals surface area (Å²) in [6, 6.07) is -0.0632. The lowest BCUT2D eigenvalue weighted by molar-refractivity contribution is -0.150. The Morgan fingerprint density at radius 3 is 2.84 bits per heavy atom. The van der Waals surface area contributed by atoms with Gasteiger partial charge >= 0.3 is 5.97 Å². The molecule has 2 N–H and O–H groups in total. The lowest BCUT2D eigenvalue weighted by Crippen LogP contribution is -2.46. The van der Waals surface area contributed by atoms with E-state index in [1.807, 2.05) is 20.8 Å². The van der Waals surface area contributed by atoms with Gasteiger partial charge in [-0.2, -0.15) is 4.37 Å². The number of hydrogen-bond donors (Lipinski definition) is 2. The van der Waals surface area contributed by atoms with Gasteiger partial charge in [0.1, 0.15) is 5.82 Å². The van der Waals surface area contributed by atoms with Crippen LogP contribution in [0.15, 0.2) is 0 Å². The molecule has 1 aromatic rings. The summed E-state index contributed by atoms with van der Waals surface area (Å²) in [6.07, 6.45) is 3.64. The summed E-state index contributed by atoms with van der Waals surface area (Å²) in [5.41, 5.74) is -0.706. The van der Waals surface area contributed by atoms with Crippen LogP contribution in [0.2, 0.25) is 0 Å². The average molecular weight is 283 g/mol. The van der Waals surface area contributed by atoms with Gasteiger partial charge in [0.15, 0.2) is 0 Å². The Morgan fingerprint density at radius 1 is 1.53 bits per heavy atom. The Balaban J connectivity index is 2.13. The summed E-state index contributed by atoms with van der Waals surface area (Å²) in [6.45, 7) is 5.93. The maximum atomic E-state index is 11.5. The van der Waals surface area contributed by atoms with E-state index in [-0.39, 0.29) is 6.04 Å². The summed E-state index contributed by atoms with van der Waals surface area (Å²) in [5.74, 6) is 0.391. The Bertz CT molecular complexity index is 460. The number of rotatable bonds is 4. The molecule has 0 amide bonds. The maximum absolute atomic E-state index is 11.5. The van der Waals surface area contributed by atoms with Crippen LogP contribution < -0.4 is 5.32 Å². The molecule has 0 aromatic carbocycles. The average Bonchev–Trinajstić information content (AvgIpc) is 2.81. The zero-order valence-corrected chi connectivity index (χ0v) is 12.5. The Morgan fingerprint density at radius 2 is 2.26 bits per heavy atom. The molecule has 1 aromatic heterocycles. The molecule has 19 heavy (non-hydrogen) atoms. The molecule has 2 unspecified atom stereocenters. The van der Waals surface area contributed by atoms with Gasteiger partial charge in [0, 0.05) is 23.5 Å². The second kappa shape index (κ2) is 5.45. The molecule has 2 atom stereocenters. The highest BCUT2D eigenvalue weighted by Gasteiger charge is 2.43. The van der Waals surface area contributed by atoms with E-state index in [2.05, 4.69) is 14.7 Å². The zero-order chi connectivity index (χ0) is 14.0. The molecule has 1 heterocycles. The largest absolute Gasteiger partial charge is 0.481 e. The Labute approximate surface area is 117 Å². The van der Waals surface area contributed by atoms with Crippen molar-refractivity contribution in [1.82, 2.24) is 9.36 Å². The Hall–Kier alpha value is -1.17. The van der Waals surface area contributed by atoms with E-state index in [1.165, 1.54) is 11.5 Å². The van der Waals surface area contributed by atoms with Gasteiger partial charge in [-0.05, 0) is 19.8 Å². The number of nitrogens with zero attached hydrogens (tertiary/aromatic N) is 2. The SMILES string of the molecule is CC(C)c1nsc(NC2CCCCC2(C)C(=O)O)n1. The minimum atomic E-state index is -0.724. The minimum absolute atomic E-state index is 0.0632. The molecule has 0 radical (unpaired) electrons. The quantitative estimate of drug-likeness (QED) is 0.888. The monoisotopic (exact) mass is 283 g/mol. The van der Waals surface area contributed by atoms with Crippen LogP contribution in [-0.2, 0) is 4.79 Å². The molecule has 6 heteroatoms. The van der Waals surface area contributed by atoms with Crippen LogP contribution in [0.1, 0.15) is 58.2 Å². The van der Waals surface area contributed by atoms with Crippen molar-refractivity contribution in [3.63, 3.8) is 0 Å². The van der Waals surface area contributed by atoms with Crippen molar-refractivity contribution in [1.29, 1.82) is 0 Å². The summed E-state index contributed by atoms with van der Waals surface area (Å²) < 4.78 is 4.29. The lowest BCUT2D eigenvalue weighted by atomic mass is 9.72. The van der Waals surface area contributed by atoms with Crippen molar-refractivity contribution >= 4 is 22.6 Å². The number of carboxylic acids is 1. The van der Waals surface area contributed by atoms with E-state index in [9.17, 15) is 9.90 Å². The van der Waals surface area contributed by atoms with Crippen LogP contribution in [0, 0.1) is 5.41 Å². The number of hydrogen-bond acceptors (Lipinski definition) is 5. The van der Waals surface area contributed by atoms with Gasteiger partial charge in [0.05, 0.1) is 5.41 Å². The number of nitrogens with one attached hydrogen (secondary N) is 1. The molecule has 0 spiro atoms. The molecule has 0 saturated heterocycles. The topological polar surface area (TPSA) is 75.1 Å². The third kappa shape index (κ3) is 2.88. The number of aromatic nitrogens is 2. The standard InChI is InChI=1S/C13H21N3O2S/c1-8(2)10-15-12(19-16-10)14-9-6-4-5-7-13(9,3)11(17)18/h8-9H,4-7H2,1-3H3,(H,17,18)(H,14,15,16). The van der Waals surface area contributed by atoms with Crippen molar-refractivity contribution in [2.45, 2.75) is 58.4 Å². The molecular weight excluding hydrogens is 262 g/mol. The van der Waals surface area contributed by atoms with Crippen molar-refractivity contribution in [2.75, 3.05) is 5.32 Å². The first kappa shape index (κ1) is 14.2. The second-order valence-corrected chi connectivity index (χ2v) is 6.53. The molecule has 1 aliphatic carbocycles. The smallest absolute Gasteiger partial charge is 0.311 e.